The Morgan fingerprint density at radius 1 is 1.22 bits per heavy atom. The third kappa shape index (κ3) is 4.77. The predicted octanol–water partition coefficient (Wildman–Crippen LogP) is 1.55. The van der Waals surface area contributed by atoms with Gasteiger partial charge in [0.05, 0.1) is 19.0 Å². The number of hydrogen-bond acceptors (Lipinski definition) is 5. The minimum atomic E-state index is -1.18. The van der Waals surface area contributed by atoms with Gasteiger partial charge in [0.2, 0.25) is 0 Å². The lowest BCUT2D eigenvalue weighted by Crippen LogP contribution is -2.26. The Morgan fingerprint density at radius 2 is 1.96 bits per heavy atom. The molecule has 2 rings (SSSR count). The van der Waals surface area contributed by atoms with Crippen molar-refractivity contribution in [3.63, 3.8) is 0 Å². The minimum Gasteiger partial charge on any atom is -0.494 e. The van der Waals surface area contributed by atoms with Crippen LogP contribution in [0.15, 0.2) is 36.7 Å². The summed E-state index contributed by atoms with van der Waals surface area (Å²) >= 11 is 0. The van der Waals surface area contributed by atoms with Gasteiger partial charge in [0.1, 0.15) is 11.4 Å². The number of carboxylic acids is 1. The lowest BCUT2D eigenvalue weighted by Gasteiger charge is -2.07. The zero-order valence-corrected chi connectivity index (χ0v) is 12.7. The average Bonchev–Trinajstić information content (AvgIpc) is 2.55. The largest absolute Gasteiger partial charge is 0.494 e. The van der Waals surface area contributed by atoms with Crippen molar-refractivity contribution in [3.8, 4) is 5.75 Å². The molecule has 2 aromatic rings. The van der Waals surface area contributed by atoms with Crippen LogP contribution in [0, 0.1) is 0 Å². The molecule has 23 heavy (non-hydrogen) atoms. The normalized spacial score (nSPS) is 10.1. The second kappa shape index (κ2) is 7.88. The number of ether oxygens (including phenoxy) is 1. The quantitative estimate of drug-likeness (QED) is 0.804. The summed E-state index contributed by atoms with van der Waals surface area (Å²) < 4.78 is 5.42. The van der Waals surface area contributed by atoms with Crippen LogP contribution < -0.4 is 10.1 Å². The van der Waals surface area contributed by atoms with Crippen LogP contribution >= 0.6 is 0 Å². The van der Waals surface area contributed by atoms with Gasteiger partial charge in [0, 0.05) is 6.54 Å². The maximum Gasteiger partial charge on any atom is 0.356 e. The number of aromatic carboxylic acids is 1. The van der Waals surface area contributed by atoms with Crippen molar-refractivity contribution in [2.45, 2.75) is 13.3 Å². The fourth-order valence-corrected chi connectivity index (χ4v) is 1.92. The zero-order chi connectivity index (χ0) is 16.7. The van der Waals surface area contributed by atoms with Gasteiger partial charge in [-0.25, -0.2) is 14.8 Å². The molecule has 0 radical (unpaired) electrons. The van der Waals surface area contributed by atoms with Crippen molar-refractivity contribution >= 4 is 11.9 Å². The first-order valence-electron chi connectivity index (χ1n) is 7.15. The number of carbonyl (C=O) groups is 2. The summed E-state index contributed by atoms with van der Waals surface area (Å²) in [6, 6.07) is 7.66. The highest BCUT2D eigenvalue weighted by Crippen LogP contribution is 2.13. The molecule has 120 valence electrons. The molecule has 1 aromatic carbocycles. The molecule has 1 aromatic heterocycles. The molecule has 1 amide bonds. The van der Waals surface area contributed by atoms with E-state index in [1.807, 2.05) is 31.2 Å². The fraction of sp³-hybridized carbons (Fsp3) is 0.250. The minimum absolute atomic E-state index is 0.0815. The average molecular weight is 315 g/mol. The lowest BCUT2D eigenvalue weighted by atomic mass is 10.1. The number of rotatable bonds is 7. The molecule has 1 heterocycles. The van der Waals surface area contributed by atoms with Gasteiger partial charge in [-0.15, -0.1) is 0 Å². The summed E-state index contributed by atoms with van der Waals surface area (Å²) in [7, 11) is 0. The maximum absolute atomic E-state index is 11.9. The highest BCUT2D eigenvalue weighted by Gasteiger charge is 2.10. The van der Waals surface area contributed by atoms with Gasteiger partial charge >= 0.3 is 5.97 Å². The highest BCUT2D eigenvalue weighted by atomic mass is 16.5. The molecule has 7 nitrogen and oxygen atoms in total. The number of carbonyl (C=O) groups excluding carboxylic acids is 1. The van der Waals surface area contributed by atoms with E-state index in [1.165, 1.54) is 0 Å². The number of carboxylic acid groups (broad SMARTS) is 1. The highest BCUT2D eigenvalue weighted by molar-refractivity contribution is 5.92. The van der Waals surface area contributed by atoms with Crippen LogP contribution in [-0.2, 0) is 6.42 Å². The monoisotopic (exact) mass is 315 g/mol. The number of aromatic nitrogens is 2. The van der Waals surface area contributed by atoms with Crippen LogP contribution in [0.3, 0.4) is 0 Å². The third-order valence-corrected chi connectivity index (χ3v) is 3.01. The van der Waals surface area contributed by atoms with E-state index in [2.05, 4.69) is 15.3 Å². The van der Waals surface area contributed by atoms with Crippen molar-refractivity contribution in [3.05, 3.63) is 53.6 Å². The van der Waals surface area contributed by atoms with E-state index in [0.717, 1.165) is 23.7 Å². The second-order valence-electron chi connectivity index (χ2n) is 4.68. The Kier molecular flexibility index (Phi) is 5.62. The number of nitrogens with zero attached hydrogens (tertiary/aromatic N) is 2. The molecule has 0 saturated heterocycles. The first kappa shape index (κ1) is 16.4. The van der Waals surface area contributed by atoms with E-state index < -0.39 is 11.9 Å². The number of nitrogens with one attached hydrogen (secondary N) is 1. The first-order valence-corrected chi connectivity index (χ1v) is 7.15. The Labute approximate surface area is 133 Å². The van der Waals surface area contributed by atoms with Crippen LogP contribution in [0.2, 0.25) is 0 Å². The molecule has 0 saturated carbocycles. The van der Waals surface area contributed by atoms with Gasteiger partial charge in [-0.2, -0.15) is 0 Å². The van der Waals surface area contributed by atoms with E-state index in [-0.39, 0.29) is 11.4 Å². The Morgan fingerprint density at radius 3 is 2.61 bits per heavy atom. The number of amides is 1. The van der Waals surface area contributed by atoms with Crippen LogP contribution in [0.4, 0.5) is 0 Å². The molecule has 7 heteroatoms. The molecule has 0 aliphatic rings. The maximum atomic E-state index is 11.9. The molecule has 0 unspecified atom stereocenters. The molecule has 0 atom stereocenters. The van der Waals surface area contributed by atoms with E-state index in [9.17, 15) is 9.59 Å². The van der Waals surface area contributed by atoms with Crippen molar-refractivity contribution in [2.75, 3.05) is 13.2 Å². The van der Waals surface area contributed by atoms with Gasteiger partial charge in [0.25, 0.3) is 5.91 Å². The molecule has 0 aliphatic carbocycles. The Balaban J connectivity index is 1.87. The van der Waals surface area contributed by atoms with Gasteiger partial charge < -0.3 is 15.2 Å². The van der Waals surface area contributed by atoms with Gasteiger partial charge in [0.15, 0.2) is 5.69 Å². The van der Waals surface area contributed by atoms with Crippen LogP contribution in [0.1, 0.15) is 33.5 Å². The first-order chi connectivity index (χ1) is 11.1. The van der Waals surface area contributed by atoms with E-state index in [4.69, 9.17) is 9.84 Å². The Bertz CT molecular complexity index is 686. The smallest absolute Gasteiger partial charge is 0.356 e. The van der Waals surface area contributed by atoms with Crippen LogP contribution in [-0.4, -0.2) is 40.1 Å². The number of hydrogen-bond donors (Lipinski definition) is 2. The molecule has 2 N–H and O–H groups in total. The topological polar surface area (TPSA) is 101 Å². The SMILES string of the molecule is CCOc1cccc(CCNC(=O)c2cnc(C(=O)O)cn2)c1. The molecule has 0 bridgehead atoms. The van der Waals surface area contributed by atoms with E-state index in [1.54, 1.807) is 0 Å². The molecular weight excluding hydrogens is 298 g/mol. The van der Waals surface area contributed by atoms with Crippen molar-refractivity contribution in [1.82, 2.24) is 15.3 Å². The van der Waals surface area contributed by atoms with Gasteiger partial charge in [-0.05, 0) is 31.0 Å². The van der Waals surface area contributed by atoms with Crippen molar-refractivity contribution in [2.24, 2.45) is 0 Å². The van der Waals surface area contributed by atoms with Gasteiger partial charge in [-0.1, -0.05) is 12.1 Å². The molecule has 0 aliphatic heterocycles. The van der Waals surface area contributed by atoms with Crippen LogP contribution in [0.5, 0.6) is 5.75 Å². The number of benzene rings is 1. The second-order valence-corrected chi connectivity index (χ2v) is 4.68. The summed E-state index contributed by atoms with van der Waals surface area (Å²) in [5.41, 5.74) is 0.927. The zero-order valence-electron chi connectivity index (χ0n) is 12.7. The van der Waals surface area contributed by atoms with E-state index >= 15 is 0 Å². The standard InChI is InChI=1S/C16H17N3O4/c1-2-23-12-5-3-4-11(8-12)6-7-17-15(20)13-9-19-14(10-18-13)16(21)22/h3-5,8-10H,2,6-7H2,1H3,(H,17,20)(H,21,22). The summed E-state index contributed by atoms with van der Waals surface area (Å²) in [5.74, 6) is -0.777. The summed E-state index contributed by atoms with van der Waals surface area (Å²) in [4.78, 5) is 30.0. The molecular formula is C16H17N3O4. The van der Waals surface area contributed by atoms with Crippen molar-refractivity contribution < 1.29 is 19.4 Å². The van der Waals surface area contributed by atoms with E-state index in [0.29, 0.717) is 19.6 Å². The summed E-state index contributed by atoms with van der Waals surface area (Å²) in [5, 5.41) is 11.4. The fourth-order valence-electron chi connectivity index (χ4n) is 1.92. The van der Waals surface area contributed by atoms with Crippen molar-refractivity contribution in [1.29, 1.82) is 0 Å². The molecule has 0 fully saturated rings. The van der Waals surface area contributed by atoms with Gasteiger partial charge in [-0.3, -0.25) is 4.79 Å². The van der Waals surface area contributed by atoms with Crippen LogP contribution in [0.25, 0.3) is 0 Å². The Hall–Kier alpha value is -2.96. The third-order valence-electron chi connectivity index (χ3n) is 3.01. The summed E-state index contributed by atoms with van der Waals surface area (Å²) in [6.45, 7) is 2.95. The predicted molar refractivity (Wildman–Crippen MR) is 82.6 cm³/mol. The lowest BCUT2D eigenvalue weighted by molar-refractivity contribution is 0.0689. The summed E-state index contributed by atoms with van der Waals surface area (Å²) in [6.07, 6.45) is 2.85. The molecule has 0 spiro atoms.